The van der Waals surface area contributed by atoms with Crippen molar-refractivity contribution in [2.75, 3.05) is 6.54 Å². The molecule has 0 radical (unpaired) electrons. The van der Waals surface area contributed by atoms with Crippen molar-refractivity contribution in [3.63, 3.8) is 0 Å². The predicted molar refractivity (Wildman–Crippen MR) is 89.2 cm³/mol. The van der Waals surface area contributed by atoms with Gasteiger partial charge in [0.25, 0.3) is 0 Å². The lowest BCUT2D eigenvalue weighted by atomic mass is 9.99. The highest BCUT2D eigenvalue weighted by Crippen LogP contribution is 2.36. The lowest BCUT2D eigenvalue weighted by Gasteiger charge is -2.27. The van der Waals surface area contributed by atoms with Crippen LogP contribution in [0.2, 0.25) is 0 Å². The lowest BCUT2D eigenvalue weighted by Crippen LogP contribution is -2.40. The summed E-state index contributed by atoms with van der Waals surface area (Å²) in [6.07, 6.45) is 8.12. The molecule has 4 nitrogen and oxygen atoms in total. The first-order valence-corrected chi connectivity index (χ1v) is 8.60. The van der Waals surface area contributed by atoms with Crippen LogP contribution >= 0.6 is 0 Å². The minimum atomic E-state index is 0.0613. The zero-order valence-corrected chi connectivity index (χ0v) is 13.6. The fourth-order valence-corrected chi connectivity index (χ4v) is 4.11. The highest BCUT2D eigenvalue weighted by molar-refractivity contribution is 5.85. The molecule has 0 bridgehead atoms. The summed E-state index contributed by atoms with van der Waals surface area (Å²) in [7, 11) is 0. The van der Waals surface area contributed by atoms with Gasteiger partial charge in [0.2, 0.25) is 5.91 Å². The van der Waals surface area contributed by atoms with Crippen LogP contribution in [0.5, 0.6) is 0 Å². The molecule has 2 aromatic rings. The molecule has 4 heteroatoms. The SMILES string of the molecule is Cc1cnn(C[C@@H]2CCCN2C(=O)[C@H]2CCc3ccccc32)c1. The number of likely N-dealkylation sites (tertiary alicyclic amines) is 1. The van der Waals surface area contributed by atoms with Crippen molar-refractivity contribution >= 4 is 5.91 Å². The maximum absolute atomic E-state index is 13.1. The maximum atomic E-state index is 13.1. The molecule has 2 heterocycles. The summed E-state index contributed by atoms with van der Waals surface area (Å²) >= 11 is 0. The summed E-state index contributed by atoms with van der Waals surface area (Å²) < 4.78 is 1.98. The van der Waals surface area contributed by atoms with Gasteiger partial charge in [-0.3, -0.25) is 9.48 Å². The molecule has 120 valence electrons. The van der Waals surface area contributed by atoms with E-state index in [0.29, 0.717) is 5.91 Å². The Morgan fingerprint density at radius 2 is 2.17 bits per heavy atom. The van der Waals surface area contributed by atoms with Gasteiger partial charge in [-0.05, 0) is 49.3 Å². The van der Waals surface area contributed by atoms with Gasteiger partial charge in [0.15, 0.2) is 0 Å². The molecule has 0 saturated carbocycles. The number of benzene rings is 1. The second kappa shape index (κ2) is 5.84. The number of carbonyl (C=O) groups is 1. The molecule has 0 spiro atoms. The standard InChI is InChI=1S/C19H23N3O/c1-14-11-20-21(12-14)13-16-6-4-10-22(16)19(23)18-9-8-15-5-2-3-7-17(15)18/h2-3,5,7,11-12,16,18H,4,6,8-10,13H2,1H3/t16-,18-/m0/s1. The Kier molecular flexibility index (Phi) is 3.68. The average molecular weight is 309 g/mol. The molecule has 23 heavy (non-hydrogen) atoms. The Morgan fingerprint density at radius 3 is 3.00 bits per heavy atom. The van der Waals surface area contributed by atoms with Crippen molar-refractivity contribution in [2.24, 2.45) is 0 Å². The molecule has 0 unspecified atom stereocenters. The number of amides is 1. The van der Waals surface area contributed by atoms with Crippen LogP contribution in [-0.2, 0) is 17.8 Å². The van der Waals surface area contributed by atoms with Crippen LogP contribution in [0.3, 0.4) is 0 Å². The number of carbonyl (C=O) groups excluding carboxylic acids is 1. The Labute approximate surface area is 137 Å². The van der Waals surface area contributed by atoms with Gasteiger partial charge in [-0.15, -0.1) is 0 Å². The molecule has 4 rings (SSSR count). The quantitative estimate of drug-likeness (QED) is 0.874. The molecule has 1 aliphatic heterocycles. The summed E-state index contributed by atoms with van der Waals surface area (Å²) in [5.41, 5.74) is 3.77. The van der Waals surface area contributed by atoms with E-state index in [4.69, 9.17) is 0 Å². The van der Waals surface area contributed by atoms with Gasteiger partial charge in [-0.25, -0.2) is 0 Å². The number of fused-ring (bicyclic) bond motifs is 1. The molecule has 1 aromatic heterocycles. The second-order valence-electron chi connectivity index (χ2n) is 6.86. The first kappa shape index (κ1) is 14.5. The van der Waals surface area contributed by atoms with Crippen LogP contribution in [0, 0.1) is 6.92 Å². The molecular formula is C19H23N3O. The first-order valence-electron chi connectivity index (χ1n) is 8.60. The lowest BCUT2D eigenvalue weighted by molar-refractivity contribution is -0.133. The van der Waals surface area contributed by atoms with Gasteiger partial charge in [-0.1, -0.05) is 24.3 Å². The minimum Gasteiger partial charge on any atom is -0.337 e. The summed E-state index contributed by atoms with van der Waals surface area (Å²) in [4.78, 5) is 15.2. The van der Waals surface area contributed by atoms with Crippen molar-refractivity contribution in [1.29, 1.82) is 0 Å². The Hall–Kier alpha value is -2.10. The fraction of sp³-hybridized carbons (Fsp3) is 0.474. The Bertz CT molecular complexity index is 721. The monoisotopic (exact) mass is 309 g/mol. The number of nitrogens with zero attached hydrogens (tertiary/aromatic N) is 3. The first-order chi connectivity index (χ1) is 11.2. The molecule has 1 aliphatic carbocycles. The van der Waals surface area contributed by atoms with Crippen molar-refractivity contribution in [2.45, 2.75) is 51.1 Å². The van der Waals surface area contributed by atoms with Gasteiger partial charge in [0, 0.05) is 12.7 Å². The second-order valence-corrected chi connectivity index (χ2v) is 6.86. The Morgan fingerprint density at radius 1 is 1.30 bits per heavy atom. The number of hydrogen-bond acceptors (Lipinski definition) is 2. The third kappa shape index (κ3) is 2.67. The number of aryl methyl sites for hydroxylation is 2. The van der Waals surface area contributed by atoms with Crippen LogP contribution in [0.25, 0.3) is 0 Å². The normalized spacial score (nSPS) is 23.3. The number of hydrogen-bond donors (Lipinski definition) is 0. The molecule has 1 fully saturated rings. The van der Waals surface area contributed by atoms with Crippen LogP contribution in [0.15, 0.2) is 36.7 Å². The van der Waals surface area contributed by atoms with E-state index < -0.39 is 0 Å². The summed E-state index contributed by atoms with van der Waals surface area (Å²) in [6, 6.07) is 8.71. The van der Waals surface area contributed by atoms with E-state index >= 15 is 0 Å². The van der Waals surface area contributed by atoms with Gasteiger partial charge >= 0.3 is 0 Å². The zero-order chi connectivity index (χ0) is 15.8. The number of aromatic nitrogens is 2. The van der Waals surface area contributed by atoms with E-state index in [1.807, 2.05) is 10.9 Å². The molecule has 0 N–H and O–H groups in total. The molecular weight excluding hydrogens is 286 g/mol. The molecule has 2 atom stereocenters. The van der Waals surface area contributed by atoms with E-state index in [9.17, 15) is 4.79 Å². The van der Waals surface area contributed by atoms with E-state index in [0.717, 1.165) is 38.8 Å². The van der Waals surface area contributed by atoms with Crippen LogP contribution < -0.4 is 0 Å². The van der Waals surface area contributed by atoms with Gasteiger partial charge in [0.05, 0.1) is 24.7 Å². The zero-order valence-electron chi connectivity index (χ0n) is 13.6. The van der Waals surface area contributed by atoms with Gasteiger partial charge in [0.1, 0.15) is 0 Å². The third-order valence-electron chi connectivity index (χ3n) is 5.25. The Balaban J connectivity index is 1.51. The van der Waals surface area contributed by atoms with E-state index in [1.54, 1.807) is 0 Å². The third-order valence-corrected chi connectivity index (χ3v) is 5.25. The average Bonchev–Trinajstić information content (AvgIpc) is 3.27. The van der Waals surface area contributed by atoms with Gasteiger partial charge in [-0.2, -0.15) is 5.10 Å². The highest BCUT2D eigenvalue weighted by atomic mass is 16.2. The summed E-state index contributed by atoms with van der Waals surface area (Å²) in [5.74, 6) is 0.382. The number of rotatable bonds is 3. The fourth-order valence-electron chi connectivity index (χ4n) is 4.11. The van der Waals surface area contributed by atoms with Crippen LogP contribution in [-0.4, -0.2) is 33.2 Å². The van der Waals surface area contributed by atoms with Gasteiger partial charge < -0.3 is 4.90 Å². The smallest absolute Gasteiger partial charge is 0.230 e. The highest BCUT2D eigenvalue weighted by Gasteiger charge is 2.36. The molecule has 1 aromatic carbocycles. The predicted octanol–water partition coefficient (Wildman–Crippen LogP) is 2.91. The van der Waals surface area contributed by atoms with Crippen molar-refractivity contribution in [3.8, 4) is 0 Å². The molecule has 1 amide bonds. The van der Waals surface area contributed by atoms with Crippen molar-refractivity contribution in [1.82, 2.24) is 14.7 Å². The van der Waals surface area contributed by atoms with Crippen molar-refractivity contribution in [3.05, 3.63) is 53.3 Å². The largest absolute Gasteiger partial charge is 0.337 e. The topological polar surface area (TPSA) is 38.1 Å². The van der Waals surface area contributed by atoms with Crippen LogP contribution in [0.1, 0.15) is 41.9 Å². The molecule has 2 aliphatic rings. The minimum absolute atomic E-state index is 0.0613. The van der Waals surface area contributed by atoms with Crippen LogP contribution in [0.4, 0.5) is 0 Å². The van der Waals surface area contributed by atoms with E-state index in [2.05, 4.69) is 47.4 Å². The summed E-state index contributed by atoms with van der Waals surface area (Å²) in [5, 5.41) is 4.39. The molecule has 1 saturated heterocycles. The maximum Gasteiger partial charge on any atom is 0.230 e. The van der Waals surface area contributed by atoms with Crippen molar-refractivity contribution < 1.29 is 4.79 Å². The van der Waals surface area contributed by atoms with E-state index in [1.165, 1.54) is 16.7 Å². The summed E-state index contributed by atoms with van der Waals surface area (Å²) in [6.45, 7) is 3.76. The van der Waals surface area contributed by atoms with E-state index in [-0.39, 0.29) is 12.0 Å².